The van der Waals surface area contributed by atoms with E-state index in [0.29, 0.717) is 12.2 Å². The maximum atomic E-state index is 12.5. The Kier molecular flexibility index (Phi) is 5.63. The van der Waals surface area contributed by atoms with Crippen LogP contribution in [0.3, 0.4) is 0 Å². The minimum Gasteiger partial charge on any atom is -0.497 e. The van der Waals surface area contributed by atoms with Crippen LogP contribution in [0.2, 0.25) is 0 Å². The van der Waals surface area contributed by atoms with Crippen molar-refractivity contribution in [2.75, 3.05) is 12.4 Å². The van der Waals surface area contributed by atoms with E-state index in [-0.39, 0.29) is 5.91 Å². The van der Waals surface area contributed by atoms with Crippen LogP contribution in [0.15, 0.2) is 42.5 Å². The van der Waals surface area contributed by atoms with Gasteiger partial charge in [-0.1, -0.05) is 19.1 Å². The number of carbonyl (C=O) groups is 1. The summed E-state index contributed by atoms with van der Waals surface area (Å²) in [6.45, 7) is 5.90. The lowest BCUT2D eigenvalue weighted by Crippen LogP contribution is -2.32. The van der Waals surface area contributed by atoms with E-state index in [1.165, 1.54) is 0 Å². The highest BCUT2D eigenvalue weighted by molar-refractivity contribution is 5.95. The molecule has 4 nitrogen and oxygen atoms in total. The summed E-state index contributed by atoms with van der Waals surface area (Å²) in [5.41, 5.74) is 2.96. The summed E-state index contributed by atoms with van der Waals surface area (Å²) in [4.78, 5) is 12.5. The monoisotopic (exact) mass is 313 g/mol. The van der Waals surface area contributed by atoms with E-state index < -0.39 is 6.10 Å². The fourth-order valence-electron chi connectivity index (χ4n) is 2.22. The zero-order valence-corrected chi connectivity index (χ0v) is 14.1. The van der Waals surface area contributed by atoms with Gasteiger partial charge in [0.25, 0.3) is 5.91 Å². The fraction of sp³-hybridized carbons (Fsp3) is 0.316. The second-order valence-corrected chi connectivity index (χ2v) is 5.50. The molecule has 23 heavy (non-hydrogen) atoms. The Hall–Kier alpha value is -2.49. The number of hydrogen-bond acceptors (Lipinski definition) is 3. The number of methoxy groups -OCH3 is 1. The highest BCUT2D eigenvalue weighted by atomic mass is 16.5. The van der Waals surface area contributed by atoms with Crippen LogP contribution < -0.4 is 14.8 Å². The van der Waals surface area contributed by atoms with Crippen molar-refractivity contribution in [2.24, 2.45) is 0 Å². The van der Waals surface area contributed by atoms with Crippen molar-refractivity contribution < 1.29 is 14.3 Å². The molecule has 0 aliphatic carbocycles. The van der Waals surface area contributed by atoms with E-state index in [1.54, 1.807) is 19.2 Å². The van der Waals surface area contributed by atoms with Crippen molar-refractivity contribution in [3.05, 3.63) is 53.6 Å². The summed E-state index contributed by atoms with van der Waals surface area (Å²) >= 11 is 0. The summed E-state index contributed by atoms with van der Waals surface area (Å²) < 4.78 is 10.9. The number of benzene rings is 2. The van der Waals surface area contributed by atoms with Crippen LogP contribution in [0.25, 0.3) is 0 Å². The van der Waals surface area contributed by atoms with Crippen LogP contribution in [0.4, 0.5) is 5.69 Å². The fourth-order valence-corrected chi connectivity index (χ4v) is 2.22. The van der Waals surface area contributed by atoms with Gasteiger partial charge in [0.2, 0.25) is 0 Å². The van der Waals surface area contributed by atoms with E-state index in [4.69, 9.17) is 9.47 Å². The van der Waals surface area contributed by atoms with Crippen LogP contribution in [-0.2, 0) is 4.79 Å². The molecule has 0 fully saturated rings. The Balaban J connectivity index is 2.07. The van der Waals surface area contributed by atoms with Crippen LogP contribution >= 0.6 is 0 Å². The normalized spacial score (nSPS) is 11.7. The number of rotatable bonds is 6. The average Bonchev–Trinajstić information content (AvgIpc) is 2.56. The van der Waals surface area contributed by atoms with E-state index >= 15 is 0 Å². The van der Waals surface area contributed by atoms with Gasteiger partial charge in [-0.05, 0) is 61.7 Å². The largest absolute Gasteiger partial charge is 0.497 e. The molecule has 2 aromatic rings. The Labute approximate surface area is 137 Å². The van der Waals surface area contributed by atoms with E-state index in [0.717, 1.165) is 22.6 Å². The van der Waals surface area contributed by atoms with Gasteiger partial charge >= 0.3 is 0 Å². The molecule has 2 rings (SSSR count). The first-order chi connectivity index (χ1) is 11.0. The predicted molar refractivity (Wildman–Crippen MR) is 92.2 cm³/mol. The van der Waals surface area contributed by atoms with Gasteiger partial charge in [0, 0.05) is 5.69 Å². The first-order valence-electron chi connectivity index (χ1n) is 7.72. The molecule has 122 valence electrons. The third kappa shape index (κ3) is 4.49. The lowest BCUT2D eigenvalue weighted by atomic mass is 10.1. The van der Waals surface area contributed by atoms with Crippen molar-refractivity contribution >= 4 is 11.6 Å². The second-order valence-electron chi connectivity index (χ2n) is 5.50. The molecule has 1 atom stereocenters. The van der Waals surface area contributed by atoms with Gasteiger partial charge in [-0.3, -0.25) is 4.79 Å². The lowest BCUT2D eigenvalue weighted by molar-refractivity contribution is -0.122. The van der Waals surface area contributed by atoms with Gasteiger partial charge in [0.15, 0.2) is 6.10 Å². The molecule has 1 unspecified atom stereocenters. The first-order valence-corrected chi connectivity index (χ1v) is 7.72. The maximum Gasteiger partial charge on any atom is 0.265 e. The SMILES string of the molecule is CCC(Oc1ccc(OC)cc1)C(=O)Nc1cc(C)ccc1C. The van der Waals surface area contributed by atoms with E-state index in [2.05, 4.69) is 5.32 Å². The zero-order valence-electron chi connectivity index (χ0n) is 14.1. The number of ether oxygens (including phenoxy) is 2. The molecule has 0 saturated heterocycles. The summed E-state index contributed by atoms with van der Waals surface area (Å²) in [7, 11) is 1.61. The molecule has 2 aromatic carbocycles. The van der Waals surface area contributed by atoms with Gasteiger partial charge in [0.05, 0.1) is 7.11 Å². The second kappa shape index (κ2) is 7.68. The molecule has 1 amide bonds. The molecule has 0 saturated carbocycles. The minimum atomic E-state index is -0.539. The van der Waals surface area contributed by atoms with Gasteiger partial charge in [-0.25, -0.2) is 0 Å². The molecule has 0 radical (unpaired) electrons. The Morgan fingerprint density at radius 3 is 2.35 bits per heavy atom. The zero-order chi connectivity index (χ0) is 16.8. The Morgan fingerprint density at radius 2 is 1.74 bits per heavy atom. The summed E-state index contributed by atoms with van der Waals surface area (Å²) in [6, 6.07) is 13.2. The average molecular weight is 313 g/mol. The molecular formula is C19H23NO3. The van der Waals surface area contributed by atoms with Crippen molar-refractivity contribution in [3.8, 4) is 11.5 Å². The van der Waals surface area contributed by atoms with Gasteiger partial charge < -0.3 is 14.8 Å². The topological polar surface area (TPSA) is 47.6 Å². The minimum absolute atomic E-state index is 0.142. The number of carbonyl (C=O) groups excluding carboxylic acids is 1. The molecule has 0 aliphatic rings. The number of nitrogens with one attached hydrogen (secondary N) is 1. The molecule has 0 aliphatic heterocycles. The standard InChI is InChI=1S/C19H23NO3/c1-5-18(23-16-10-8-15(22-4)9-11-16)19(21)20-17-12-13(2)6-7-14(17)3/h6-12,18H,5H2,1-4H3,(H,20,21). The lowest BCUT2D eigenvalue weighted by Gasteiger charge is -2.18. The Bertz CT molecular complexity index is 665. The summed E-state index contributed by atoms with van der Waals surface area (Å²) in [5.74, 6) is 1.26. The van der Waals surface area contributed by atoms with Crippen molar-refractivity contribution in [2.45, 2.75) is 33.3 Å². The predicted octanol–water partition coefficient (Wildman–Crippen LogP) is 4.11. The van der Waals surface area contributed by atoms with Crippen molar-refractivity contribution in [3.63, 3.8) is 0 Å². The Morgan fingerprint density at radius 1 is 1.09 bits per heavy atom. The van der Waals surface area contributed by atoms with Crippen LogP contribution in [0, 0.1) is 13.8 Å². The van der Waals surface area contributed by atoms with Gasteiger partial charge in [-0.2, -0.15) is 0 Å². The van der Waals surface area contributed by atoms with Crippen LogP contribution in [0.1, 0.15) is 24.5 Å². The highest BCUT2D eigenvalue weighted by Crippen LogP contribution is 2.21. The molecule has 1 N–H and O–H groups in total. The molecule has 4 heteroatoms. The smallest absolute Gasteiger partial charge is 0.265 e. The van der Waals surface area contributed by atoms with Crippen molar-refractivity contribution in [1.29, 1.82) is 0 Å². The third-order valence-electron chi connectivity index (χ3n) is 3.65. The van der Waals surface area contributed by atoms with Crippen LogP contribution in [-0.4, -0.2) is 19.1 Å². The number of aryl methyl sites for hydroxylation is 2. The maximum absolute atomic E-state index is 12.5. The third-order valence-corrected chi connectivity index (χ3v) is 3.65. The van der Waals surface area contributed by atoms with E-state index in [1.807, 2.05) is 51.1 Å². The van der Waals surface area contributed by atoms with E-state index in [9.17, 15) is 4.79 Å². The molecular weight excluding hydrogens is 290 g/mol. The highest BCUT2D eigenvalue weighted by Gasteiger charge is 2.19. The molecule has 0 heterocycles. The summed E-state index contributed by atoms with van der Waals surface area (Å²) in [5, 5.41) is 2.96. The number of anilines is 1. The van der Waals surface area contributed by atoms with Crippen molar-refractivity contribution in [1.82, 2.24) is 0 Å². The molecule has 0 bridgehead atoms. The van der Waals surface area contributed by atoms with Gasteiger partial charge in [-0.15, -0.1) is 0 Å². The quantitative estimate of drug-likeness (QED) is 0.873. The number of amides is 1. The molecule has 0 spiro atoms. The van der Waals surface area contributed by atoms with Gasteiger partial charge in [0.1, 0.15) is 11.5 Å². The first kappa shape index (κ1) is 16.9. The van der Waals surface area contributed by atoms with Crippen LogP contribution in [0.5, 0.6) is 11.5 Å². The molecule has 0 aromatic heterocycles. The number of hydrogen-bond donors (Lipinski definition) is 1. The summed E-state index contributed by atoms with van der Waals surface area (Å²) in [6.07, 6.45) is 0.0474.